The lowest BCUT2D eigenvalue weighted by atomic mass is 10.1. The van der Waals surface area contributed by atoms with Gasteiger partial charge in [0, 0.05) is 6.92 Å². The molecular weight excluding hydrogens is 252 g/mol. The van der Waals surface area contributed by atoms with Crippen molar-refractivity contribution >= 4 is 17.8 Å². The lowest BCUT2D eigenvalue weighted by molar-refractivity contribution is -0.150. The molecule has 7 nitrogen and oxygen atoms in total. The Morgan fingerprint density at radius 3 is 2.16 bits per heavy atom. The van der Waals surface area contributed by atoms with Gasteiger partial charge in [0.05, 0.1) is 18.2 Å². The second-order valence-electron chi connectivity index (χ2n) is 5.23. The van der Waals surface area contributed by atoms with E-state index < -0.39 is 29.6 Å². The van der Waals surface area contributed by atoms with Gasteiger partial charge in [0.15, 0.2) is 6.04 Å². The summed E-state index contributed by atoms with van der Waals surface area (Å²) in [5, 5.41) is 13.7. The van der Waals surface area contributed by atoms with Gasteiger partial charge >= 0.3 is 5.97 Å². The standard InChI is InChI=1S/C12H22N2O5/c1-7(19-12(3,4)5)10(11(17)18)14-9(16)6-13-8(2)15/h7,10H,6H2,1-5H3,(H,13,15)(H,14,16)(H,17,18)/t7-,10+/m1/s1. The molecule has 0 aliphatic rings. The first kappa shape index (κ1) is 17.4. The Morgan fingerprint density at radius 1 is 1.26 bits per heavy atom. The monoisotopic (exact) mass is 274 g/mol. The van der Waals surface area contributed by atoms with Crippen LogP contribution in [0.1, 0.15) is 34.6 Å². The third kappa shape index (κ3) is 8.15. The molecule has 2 amide bonds. The van der Waals surface area contributed by atoms with Crippen molar-refractivity contribution in [1.82, 2.24) is 10.6 Å². The van der Waals surface area contributed by atoms with E-state index in [1.807, 2.05) is 0 Å². The molecule has 0 rings (SSSR count). The molecule has 0 fully saturated rings. The maximum Gasteiger partial charge on any atom is 0.328 e. The van der Waals surface area contributed by atoms with Crippen molar-refractivity contribution in [3.63, 3.8) is 0 Å². The van der Waals surface area contributed by atoms with Crippen LogP contribution in [0, 0.1) is 0 Å². The minimum absolute atomic E-state index is 0.263. The van der Waals surface area contributed by atoms with Crippen LogP contribution in [0.3, 0.4) is 0 Å². The molecule has 7 heteroatoms. The number of carbonyl (C=O) groups excluding carboxylic acids is 2. The molecule has 110 valence electrons. The van der Waals surface area contributed by atoms with E-state index >= 15 is 0 Å². The highest BCUT2D eigenvalue weighted by Crippen LogP contribution is 2.13. The van der Waals surface area contributed by atoms with Crippen LogP contribution in [0.25, 0.3) is 0 Å². The van der Waals surface area contributed by atoms with Crippen LogP contribution in [0.2, 0.25) is 0 Å². The summed E-state index contributed by atoms with van der Waals surface area (Å²) in [4.78, 5) is 33.3. The van der Waals surface area contributed by atoms with Crippen LogP contribution < -0.4 is 10.6 Å². The lowest BCUT2D eigenvalue weighted by Crippen LogP contribution is -2.52. The molecule has 0 saturated carbocycles. The Bertz CT molecular complexity index is 349. The maximum atomic E-state index is 11.5. The number of rotatable bonds is 6. The van der Waals surface area contributed by atoms with Crippen LogP contribution in [-0.4, -0.2) is 47.2 Å². The van der Waals surface area contributed by atoms with E-state index in [2.05, 4.69) is 10.6 Å². The van der Waals surface area contributed by atoms with Crippen molar-refractivity contribution in [3.8, 4) is 0 Å². The number of nitrogens with one attached hydrogen (secondary N) is 2. The molecule has 0 unspecified atom stereocenters. The molecule has 0 aromatic rings. The fourth-order valence-electron chi connectivity index (χ4n) is 1.43. The van der Waals surface area contributed by atoms with E-state index in [-0.39, 0.29) is 12.5 Å². The average molecular weight is 274 g/mol. The Kier molecular flexibility index (Phi) is 6.47. The topological polar surface area (TPSA) is 105 Å². The smallest absolute Gasteiger partial charge is 0.328 e. The van der Waals surface area contributed by atoms with Gasteiger partial charge in [-0.15, -0.1) is 0 Å². The van der Waals surface area contributed by atoms with Crippen molar-refractivity contribution in [1.29, 1.82) is 0 Å². The number of hydrogen-bond donors (Lipinski definition) is 3. The van der Waals surface area contributed by atoms with Gasteiger partial charge in [0.2, 0.25) is 11.8 Å². The van der Waals surface area contributed by atoms with Gasteiger partial charge < -0.3 is 20.5 Å². The summed E-state index contributed by atoms with van der Waals surface area (Å²) in [7, 11) is 0. The SMILES string of the molecule is CC(=O)NCC(=O)N[C@H](C(=O)O)[C@@H](C)OC(C)(C)C. The summed E-state index contributed by atoms with van der Waals surface area (Å²) in [5.41, 5.74) is -0.518. The molecule has 0 aliphatic carbocycles. The lowest BCUT2D eigenvalue weighted by Gasteiger charge is -2.29. The normalized spacial score (nSPS) is 14.4. The van der Waals surface area contributed by atoms with E-state index in [9.17, 15) is 14.4 Å². The highest BCUT2D eigenvalue weighted by atomic mass is 16.5. The zero-order valence-electron chi connectivity index (χ0n) is 11.9. The molecule has 0 heterocycles. The highest BCUT2D eigenvalue weighted by Gasteiger charge is 2.30. The molecular formula is C12H22N2O5. The largest absolute Gasteiger partial charge is 0.480 e. The summed E-state index contributed by atoms with van der Waals surface area (Å²) < 4.78 is 5.50. The Hall–Kier alpha value is -1.63. The predicted octanol–water partition coefficient (Wildman–Crippen LogP) is -0.104. The van der Waals surface area contributed by atoms with Gasteiger partial charge in [-0.05, 0) is 27.7 Å². The van der Waals surface area contributed by atoms with Crippen molar-refractivity contribution in [2.45, 2.75) is 52.4 Å². The van der Waals surface area contributed by atoms with E-state index in [0.29, 0.717) is 0 Å². The van der Waals surface area contributed by atoms with Gasteiger partial charge in [0.25, 0.3) is 0 Å². The van der Waals surface area contributed by atoms with Crippen LogP contribution in [0.15, 0.2) is 0 Å². The first-order valence-corrected chi connectivity index (χ1v) is 5.97. The molecule has 0 aromatic heterocycles. The molecule has 19 heavy (non-hydrogen) atoms. The van der Waals surface area contributed by atoms with Gasteiger partial charge in [-0.25, -0.2) is 4.79 Å². The number of carboxylic acid groups (broad SMARTS) is 1. The van der Waals surface area contributed by atoms with E-state index in [1.54, 1.807) is 27.7 Å². The second kappa shape index (κ2) is 7.08. The summed E-state index contributed by atoms with van der Waals surface area (Å²) in [6.07, 6.45) is -0.696. The van der Waals surface area contributed by atoms with Crippen LogP contribution in [-0.2, 0) is 19.1 Å². The number of carbonyl (C=O) groups is 3. The molecule has 0 radical (unpaired) electrons. The average Bonchev–Trinajstić information content (AvgIpc) is 2.19. The number of amides is 2. The van der Waals surface area contributed by atoms with E-state index in [4.69, 9.17) is 9.84 Å². The van der Waals surface area contributed by atoms with Crippen LogP contribution >= 0.6 is 0 Å². The zero-order chi connectivity index (χ0) is 15.2. The number of ether oxygens (including phenoxy) is 1. The summed E-state index contributed by atoms with van der Waals surface area (Å²) in [6, 6.07) is -1.17. The van der Waals surface area contributed by atoms with Gasteiger partial charge in [0.1, 0.15) is 0 Å². The Labute approximate surface area is 112 Å². The number of hydrogen-bond acceptors (Lipinski definition) is 4. The highest BCUT2D eigenvalue weighted by molar-refractivity contribution is 5.87. The van der Waals surface area contributed by atoms with Crippen LogP contribution in [0.4, 0.5) is 0 Å². The predicted molar refractivity (Wildman–Crippen MR) is 68.6 cm³/mol. The molecule has 2 atom stereocenters. The second-order valence-corrected chi connectivity index (χ2v) is 5.23. The zero-order valence-corrected chi connectivity index (χ0v) is 11.9. The van der Waals surface area contributed by atoms with E-state index in [0.717, 1.165) is 0 Å². The first-order chi connectivity index (χ1) is 8.53. The third-order valence-corrected chi connectivity index (χ3v) is 2.09. The van der Waals surface area contributed by atoms with Gasteiger partial charge in [-0.3, -0.25) is 9.59 Å². The summed E-state index contributed by atoms with van der Waals surface area (Å²) in [5.74, 6) is -2.12. The molecule has 0 aliphatic heterocycles. The minimum Gasteiger partial charge on any atom is -0.480 e. The molecule has 0 spiro atoms. The molecule has 0 bridgehead atoms. The number of carboxylic acids is 1. The van der Waals surface area contributed by atoms with Gasteiger partial charge in [-0.1, -0.05) is 0 Å². The van der Waals surface area contributed by atoms with Crippen molar-refractivity contribution < 1.29 is 24.2 Å². The molecule has 0 aromatic carbocycles. The van der Waals surface area contributed by atoms with E-state index in [1.165, 1.54) is 6.92 Å². The van der Waals surface area contributed by atoms with Crippen molar-refractivity contribution in [3.05, 3.63) is 0 Å². The molecule has 3 N–H and O–H groups in total. The maximum absolute atomic E-state index is 11.5. The van der Waals surface area contributed by atoms with Crippen molar-refractivity contribution in [2.24, 2.45) is 0 Å². The Morgan fingerprint density at radius 2 is 1.79 bits per heavy atom. The fraction of sp³-hybridized carbons (Fsp3) is 0.750. The first-order valence-electron chi connectivity index (χ1n) is 5.97. The Balaban J connectivity index is 4.53. The molecule has 0 saturated heterocycles. The van der Waals surface area contributed by atoms with Crippen molar-refractivity contribution in [2.75, 3.05) is 6.54 Å². The summed E-state index contributed by atoms with van der Waals surface area (Å²) in [6.45, 7) is 7.96. The summed E-state index contributed by atoms with van der Waals surface area (Å²) >= 11 is 0. The van der Waals surface area contributed by atoms with Gasteiger partial charge in [-0.2, -0.15) is 0 Å². The minimum atomic E-state index is -1.19. The fourth-order valence-corrected chi connectivity index (χ4v) is 1.43. The third-order valence-electron chi connectivity index (χ3n) is 2.09. The van der Waals surface area contributed by atoms with Crippen LogP contribution in [0.5, 0.6) is 0 Å². The number of aliphatic carboxylic acids is 1. The quantitative estimate of drug-likeness (QED) is 0.627.